The van der Waals surface area contributed by atoms with Crippen molar-refractivity contribution < 1.29 is 9.63 Å². The standard InChI is InChI=1S/C7H11NO2/c1-7(2)5-6(3-4-9)8-10-7/h4H,3,5H2,1-2H3. The Morgan fingerprint density at radius 3 is 2.90 bits per heavy atom. The monoisotopic (exact) mass is 141 g/mol. The Morgan fingerprint density at radius 2 is 2.50 bits per heavy atom. The second-order valence-electron chi connectivity index (χ2n) is 3.06. The van der Waals surface area contributed by atoms with Crippen molar-refractivity contribution in [3.05, 3.63) is 0 Å². The minimum Gasteiger partial charge on any atom is -0.389 e. The number of hydrogen-bond donors (Lipinski definition) is 0. The molecule has 0 saturated carbocycles. The van der Waals surface area contributed by atoms with Gasteiger partial charge in [-0.3, -0.25) is 0 Å². The van der Waals surface area contributed by atoms with E-state index in [2.05, 4.69) is 5.16 Å². The molecule has 56 valence electrons. The van der Waals surface area contributed by atoms with Crippen LogP contribution in [0.25, 0.3) is 0 Å². The van der Waals surface area contributed by atoms with Crippen LogP contribution in [0.1, 0.15) is 26.7 Å². The Morgan fingerprint density at radius 1 is 1.80 bits per heavy atom. The second kappa shape index (κ2) is 2.40. The van der Waals surface area contributed by atoms with E-state index < -0.39 is 0 Å². The van der Waals surface area contributed by atoms with Crippen molar-refractivity contribution in [2.24, 2.45) is 5.16 Å². The highest BCUT2D eigenvalue weighted by atomic mass is 16.7. The Balaban J connectivity index is 2.46. The maximum atomic E-state index is 10.0. The molecule has 0 aliphatic carbocycles. The summed E-state index contributed by atoms with van der Waals surface area (Å²) in [5.74, 6) is 0. The van der Waals surface area contributed by atoms with Gasteiger partial charge in [0, 0.05) is 12.8 Å². The summed E-state index contributed by atoms with van der Waals surface area (Å²) in [7, 11) is 0. The third kappa shape index (κ3) is 1.56. The van der Waals surface area contributed by atoms with Crippen molar-refractivity contribution in [3.8, 4) is 0 Å². The van der Waals surface area contributed by atoms with Crippen LogP contribution < -0.4 is 0 Å². The lowest BCUT2D eigenvalue weighted by molar-refractivity contribution is -0.106. The minimum atomic E-state index is -0.196. The number of rotatable bonds is 2. The van der Waals surface area contributed by atoms with E-state index in [4.69, 9.17) is 4.84 Å². The summed E-state index contributed by atoms with van der Waals surface area (Å²) in [4.78, 5) is 15.1. The van der Waals surface area contributed by atoms with Gasteiger partial charge in [-0.05, 0) is 13.8 Å². The molecule has 0 atom stereocenters. The summed E-state index contributed by atoms with van der Waals surface area (Å²) in [6.45, 7) is 3.91. The lowest BCUT2D eigenvalue weighted by Gasteiger charge is -2.12. The predicted molar refractivity (Wildman–Crippen MR) is 37.9 cm³/mol. The van der Waals surface area contributed by atoms with Crippen LogP contribution >= 0.6 is 0 Å². The van der Waals surface area contributed by atoms with Gasteiger partial charge in [0.1, 0.15) is 11.9 Å². The highest BCUT2D eigenvalue weighted by Gasteiger charge is 2.27. The zero-order chi connectivity index (χ0) is 7.61. The molecule has 1 rings (SSSR count). The molecule has 3 nitrogen and oxygen atoms in total. The van der Waals surface area contributed by atoms with Crippen LogP contribution in [0.3, 0.4) is 0 Å². The van der Waals surface area contributed by atoms with Crippen molar-refractivity contribution in [3.63, 3.8) is 0 Å². The van der Waals surface area contributed by atoms with Crippen molar-refractivity contribution in [2.75, 3.05) is 0 Å². The smallest absolute Gasteiger partial charge is 0.137 e. The Bertz CT molecular complexity index is 172. The Labute approximate surface area is 60.0 Å². The molecule has 0 amide bonds. The minimum absolute atomic E-state index is 0.196. The van der Waals surface area contributed by atoms with E-state index in [1.165, 1.54) is 0 Å². The number of carbonyl (C=O) groups excluding carboxylic acids is 1. The van der Waals surface area contributed by atoms with Crippen LogP contribution in [0.5, 0.6) is 0 Å². The molecule has 0 bridgehead atoms. The van der Waals surface area contributed by atoms with E-state index in [0.29, 0.717) is 6.42 Å². The molecular formula is C7H11NO2. The summed E-state index contributed by atoms with van der Waals surface area (Å²) in [5.41, 5.74) is 0.651. The summed E-state index contributed by atoms with van der Waals surface area (Å²) < 4.78 is 0. The third-order valence-electron chi connectivity index (χ3n) is 1.37. The van der Waals surface area contributed by atoms with Gasteiger partial charge in [-0.2, -0.15) is 0 Å². The second-order valence-corrected chi connectivity index (χ2v) is 3.06. The number of aldehydes is 1. The van der Waals surface area contributed by atoms with Gasteiger partial charge >= 0.3 is 0 Å². The first-order valence-electron chi connectivity index (χ1n) is 3.31. The number of hydrogen-bond acceptors (Lipinski definition) is 3. The molecule has 1 heterocycles. The third-order valence-corrected chi connectivity index (χ3v) is 1.37. The van der Waals surface area contributed by atoms with Gasteiger partial charge in [0.05, 0.1) is 5.71 Å². The molecule has 10 heavy (non-hydrogen) atoms. The number of oxime groups is 1. The first-order chi connectivity index (χ1) is 4.64. The van der Waals surface area contributed by atoms with Crippen molar-refractivity contribution in [1.82, 2.24) is 0 Å². The molecule has 0 aromatic rings. The van der Waals surface area contributed by atoms with Crippen molar-refractivity contribution >= 4 is 12.0 Å². The lowest BCUT2D eigenvalue weighted by atomic mass is 10.0. The maximum Gasteiger partial charge on any atom is 0.137 e. The summed E-state index contributed by atoms with van der Waals surface area (Å²) >= 11 is 0. The van der Waals surface area contributed by atoms with Crippen molar-refractivity contribution in [1.29, 1.82) is 0 Å². The number of carbonyl (C=O) groups is 1. The van der Waals surface area contributed by atoms with E-state index in [9.17, 15) is 4.79 Å². The Kier molecular flexibility index (Phi) is 1.74. The fraction of sp³-hybridized carbons (Fsp3) is 0.714. The zero-order valence-corrected chi connectivity index (χ0v) is 6.26. The van der Waals surface area contributed by atoms with E-state index in [1.54, 1.807) is 0 Å². The fourth-order valence-electron chi connectivity index (χ4n) is 0.950. The van der Waals surface area contributed by atoms with E-state index in [1.807, 2.05) is 13.8 Å². The van der Waals surface area contributed by atoms with Gasteiger partial charge in [-0.1, -0.05) is 5.16 Å². The van der Waals surface area contributed by atoms with Gasteiger partial charge in [-0.25, -0.2) is 0 Å². The quantitative estimate of drug-likeness (QED) is 0.541. The highest BCUT2D eigenvalue weighted by Crippen LogP contribution is 2.22. The zero-order valence-electron chi connectivity index (χ0n) is 6.26. The Hall–Kier alpha value is -0.860. The maximum absolute atomic E-state index is 10.0. The largest absolute Gasteiger partial charge is 0.389 e. The predicted octanol–water partition coefficient (Wildman–Crippen LogP) is 1.13. The molecular weight excluding hydrogens is 130 g/mol. The van der Waals surface area contributed by atoms with E-state index in [-0.39, 0.29) is 5.60 Å². The average molecular weight is 141 g/mol. The van der Waals surface area contributed by atoms with E-state index >= 15 is 0 Å². The fourth-order valence-corrected chi connectivity index (χ4v) is 0.950. The van der Waals surface area contributed by atoms with Crippen LogP contribution in [0.15, 0.2) is 5.16 Å². The normalized spacial score (nSPS) is 21.6. The molecule has 0 saturated heterocycles. The molecule has 0 fully saturated rings. The summed E-state index contributed by atoms with van der Waals surface area (Å²) in [5, 5.41) is 3.76. The van der Waals surface area contributed by atoms with Gasteiger partial charge in [0.25, 0.3) is 0 Å². The topological polar surface area (TPSA) is 38.7 Å². The highest BCUT2D eigenvalue weighted by molar-refractivity contribution is 5.95. The molecule has 0 unspecified atom stereocenters. The van der Waals surface area contributed by atoms with Crippen LogP contribution in [-0.2, 0) is 9.63 Å². The van der Waals surface area contributed by atoms with Gasteiger partial charge in [0.2, 0.25) is 0 Å². The van der Waals surface area contributed by atoms with Crippen LogP contribution in [0.4, 0.5) is 0 Å². The molecule has 0 radical (unpaired) electrons. The van der Waals surface area contributed by atoms with E-state index in [0.717, 1.165) is 18.4 Å². The molecule has 0 spiro atoms. The summed E-state index contributed by atoms with van der Waals surface area (Å²) in [6.07, 6.45) is 2.03. The molecule has 1 aliphatic heterocycles. The van der Waals surface area contributed by atoms with Crippen LogP contribution in [0, 0.1) is 0 Å². The number of nitrogens with zero attached hydrogens (tertiary/aromatic N) is 1. The van der Waals surface area contributed by atoms with Crippen LogP contribution in [0.2, 0.25) is 0 Å². The first-order valence-corrected chi connectivity index (χ1v) is 3.31. The van der Waals surface area contributed by atoms with Gasteiger partial charge in [0.15, 0.2) is 0 Å². The van der Waals surface area contributed by atoms with Gasteiger partial charge < -0.3 is 9.63 Å². The molecule has 0 N–H and O–H groups in total. The van der Waals surface area contributed by atoms with Crippen molar-refractivity contribution in [2.45, 2.75) is 32.3 Å². The molecule has 0 aromatic heterocycles. The van der Waals surface area contributed by atoms with Gasteiger partial charge in [-0.15, -0.1) is 0 Å². The lowest BCUT2D eigenvalue weighted by Crippen LogP contribution is -2.18. The van der Waals surface area contributed by atoms with Crippen LogP contribution in [-0.4, -0.2) is 17.6 Å². The first kappa shape index (κ1) is 7.25. The SMILES string of the molecule is CC1(C)CC(CC=O)=NO1. The molecule has 3 heteroatoms. The summed E-state index contributed by atoms with van der Waals surface area (Å²) in [6, 6.07) is 0. The average Bonchev–Trinajstić information content (AvgIpc) is 2.12. The molecule has 0 aromatic carbocycles. The molecule has 1 aliphatic rings.